The summed E-state index contributed by atoms with van der Waals surface area (Å²) in [5, 5.41) is 6.67. The summed E-state index contributed by atoms with van der Waals surface area (Å²) in [5.74, 6) is 0.956. The molecule has 312 valence electrons. The van der Waals surface area contributed by atoms with Gasteiger partial charge in [0.1, 0.15) is 44.5 Å². The summed E-state index contributed by atoms with van der Waals surface area (Å²) in [4.78, 5) is 50.1. The SMILES string of the molecule is CC1(N)CCN(C(=O)OC(C)(C)C)CC1.CC1(Nc2ncnc3sc4c(c23)CCCC4)CCN(C(=O)OC(C)(C)C)CC1.Clc1ncnc2sc3c(c12)CCCC3. The number of aromatic nitrogens is 4. The van der Waals surface area contributed by atoms with Gasteiger partial charge in [-0.05, 0) is 144 Å². The van der Waals surface area contributed by atoms with Crippen molar-refractivity contribution < 1.29 is 19.1 Å². The van der Waals surface area contributed by atoms with E-state index in [4.69, 9.17) is 26.8 Å². The van der Waals surface area contributed by atoms with Gasteiger partial charge in [0.2, 0.25) is 0 Å². The van der Waals surface area contributed by atoms with E-state index >= 15 is 0 Å². The van der Waals surface area contributed by atoms with E-state index in [2.05, 4.69) is 32.2 Å². The molecule has 2 aliphatic heterocycles. The van der Waals surface area contributed by atoms with Gasteiger partial charge in [0.15, 0.2) is 0 Å². The third-order valence-corrected chi connectivity index (χ3v) is 13.6. The first-order valence-corrected chi connectivity index (χ1v) is 22.5. The average Bonchev–Trinajstić information content (AvgIpc) is 3.71. The number of aryl methyl sites for hydroxylation is 4. The molecule has 0 unspecified atom stereocenters. The third kappa shape index (κ3) is 11.2. The van der Waals surface area contributed by atoms with E-state index in [1.807, 2.05) is 64.7 Å². The van der Waals surface area contributed by atoms with E-state index in [0.717, 1.165) is 65.8 Å². The maximum atomic E-state index is 12.3. The lowest BCUT2D eigenvalue weighted by Gasteiger charge is -2.40. The number of nitrogens with zero attached hydrogens (tertiary/aromatic N) is 6. The van der Waals surface area contributed by atoms with Crippen LogP contribution < -0.4 is 11.1 Å². The van der Waals surface area contributed by atoms with Crippen molar-refractivity contribution >= 4 is 72.7 Å². The molecule has 6 heterocycles. The van der Waals surface area contributed by atoms with Gasteiger partial charge in [0.25, 0.3) is 0 Å². The number of piperidine rings is 2. The Balaban J connectivity index is 0.000000159. The zero-order chi connectivity index (χ0) is 41.2. The fourth-order valence-corrected chi connectivity index (χ4v) is 10.4. The Bertz CT molecular complexity index is 2030. The standard InChI is InChI=1S/C21H30N4O2S.C11H22N2O2.C10H9ClN2S/c1-20(2,3)27-19(26)25-11-9-21(4,10-12-25)24-17-16-14-7-5-6-8-15(14)28-18(16)23-13-22-17;1-10(2,3)15-9(14)13-7-5-11(4,12)6-8-13;11-9-8-6-3-1-2-4-7(6)14-10(8)13-5-12-9/h13H,5-12H2,1-4H3,(H,22,23,24);5-8,12H2,1-4H3;5H,1-4H2. The fourth-order valence-electron chi connectivity index (χ4n) is 7.68. The Labute approximate surface area is 350 Å². The molecular weight excluding hydrogens is 780 g/mol. The normalized spacial score (nSPS) is 19.0. The Hall–Kier alpha value is -3.33. The maximum absolute atomic E-state index is 12.3. The van der Waals surface area contributed by atoms with Crippen molar-refractivity contribution in [2.24, 2.45) is 5.73 Å². The van der Waals surface area contributed by atoms with Crippen molar-refractivity contribution in [2.75, 3.05) is 31.5 Å². The molecule has 0 saturated carbocycles. The molecule has 2 fully saturated rings. The number of nitrogens with two attached hydrogens (primary N) is 1. The van der Waals surface area contributed by atoms with Gasteiger partial charge in [-0.1, -0.05) is 11.6 Å². The molecule has 8 rings (SSSR count). The van der Waals surface area contributed by atoms with E-state index in [1.165, 1.54) is 58.4 Å². The smallest absolute Gasteiger partial charge is 0.410 e. The molecule has 0 atom stereocenters. The third-order valence-electron chi connectivity index (χ3n) is 11.0. The Morgan fingerprint density at radius 3 is 1.65 bits per heavy atom. The fraction of sp³-hybridized carbons (Fsp3) is 0.667. The molecule has 15 heteroatoms. The second kappa shape index (κ2) is 17.5. The van der Waals surface area contributed by atoms with Crippen LogP contribution in [0.1, 0.15) is 128 Å². The van der Waals surface area contributed by atoms with E-state index in [1.54, 1.807) is 28.9 Å². The number of carbonyl (C=O) groups excluding carboxylic acids is 2. The molecule has 2 amide bonds. The van der Waals surface area contributed by atoms with E-state index in [0.29, 0.717) is 31.3 Å². The molecule has 0 spiro atoms. The van der Waals surface area contributed by atoms with Crippen molar-refractivity contribution in [1.82, 2.24) is 29.7 Å². The number of likely N-dealkylation sites (tertiary alicyclic amines) is 2. The molecule has 12 nitrogen and oxygen atoms in total. The highest BCUT2D eigenvalue weighted by atomic mass is 35.5. The lowest BCUT2D eigenvalue weighted by Crippen LogP contribution is -2.50. The van der Waals surface area contributed by atoms with Crippen molar-refractivity contribution in [3.8, 4) is 0 Å². The van der Waals surface area contributed by atoms with Gasteiger partial charge < -0.3 is 30.3 Å². The minimum absolute atomic E-state index is 0.0940. The van der Waals surface area contributed by atoms with E-state index in [9.17, 15) is 9.59 Å². The van der Waals surface area contributed by atoms with Gasteiger partial charge in [0.05, 0.1) is 10.8 Å². The van der Waals surface area contributed by atoms with Gasteiger partial charge in [-0.3, -0.25) is 0 Å². The van der Waals surface area contributed by atoms with Crippen LogP contribution in [-0.2, 0) is 35.2 Å². The Kier molecular flexibility index (Phi) is 13.3. The summed E-state index contributed by atoms with van der Waals surface area (Å²) >= 11 is 9.69. The van der Waals surface area contributed by atoms with Gasteiger partial charge in [0, 0.05) is 47.0 Å². The zero-order valence-corrected chi connectivity index (χ0v) is 37.4. The van der Waals surface area contributed by atoms with Crippen LogP contribution in [0.25, 0.3) is 20.4 Å². The van der Waals surface area contributed by atoms with Crippen LogP contribution in [0.3, 0.4) is 0 Å². The van der Waals surface area contributed by atoms with Crippen LogP contribution in [0.4, 0.5) is 15.4 Å². The zero-order valence-electron chi connectivity index (χ0n) is 35.1. The molecule has 57 heavy (non-hydrogen) atoms. The Morgan fingerprint density at radius 1 is 0.702 bits per heavy atom. The second-order valence-electron chi connectivity index (χ2n) is 18.4. The van der Waals surface area contributed by atoms with Crippen LogP contribution in [0, 0.1) is 0 Å². The van der Waals surface area contributed by atoms with Gasteiger partial charge in [-0.2, -0.15) is 0 Å². The van der Waals surface area contributed by atoms with Gasteiger partial charge >= 0.3 is 12.2 Å². The lowest BCUT2D eigenvalue weighted by molar-refractivity contribution is 0.0168. The minimum atomic E-state index is -0.458. The molecule has 4 aromatic rings. The van der Waals surface area contributed by atoms with Crippen LogP contribution >= 0.6 is 34.3 Å². The molecule has 0 aromatic carbocycles. The molecule has 3 N–H and O–H groups in total. The number of fused-ring (bicyclic) bond motifs is 6. The van der Waals surface area contributed by atoms with Gasteiger partial charge in [-0.25, -0.2) is 29.5 Å². The summed E-state index contributed by atoms with van der Waals surface area (Å²) in [6.45, 7) is 18.4. The molecule has 0 radical (unpaired) electrons. The number of thiophene rings is 2. The minimum Gasteiger partial charge on any atom is -0.444 e. The number of halogens is 1. The van der Waals surface area contributed by atoms with Crippen LogP contribution in [0.15, 0.2) is 12.7 Å². The summed E-state index contributed by atoms with van der Waals surface area (Å²) in [7, 11) is 0. The first kappa shape index (κ1) is 43.3. The number of carbonyl (C=O) groups is 2. The average molecular weight is 842 g/mol. The van der Waals surface area contributed by atoms with Crippen molar-refractivity contribution in [3.63, 3.8) is 0 Å². The maximum Gasteiger partial charge on any atom is 0.410 e. The first-order valence-electron chi connectivity index (χ1n) is 20.5. The van der Waals surface area contributed by atoms with Crippen LogP contribution in [0.5, 0.6) is 0 Å². The van der Waals surface area contributed by atoms with Crippen molar-refractivity contribution in [2.45, 2.75) is 155 Å². The summed E-state index contributed by atoms with van der Waals surface area (Å²) in [6, 6.07) is 0. The lowest BCUT2D eigenvalue weighted by atomic mass is 9.89. The second-order valence-corrected chi connectivity index (χ2v) is 21.0. The Morgan fingerprint density at radius 2 is 1.14 bits per heavy atom. The molecule has 4 aliphatic rings. The van der Waals surface area contributed by atoms with Crippen LogP contribution in [0.2, 0.25) is 5.15 Å². The number of amides is 2. The molecule has 0 bridgehead atoms. The van der Waals surface area contributed by atoms with E-state index < -0.39 is 11.2 Å². The topological polar surface area (TPSA) is 149 Å². The summed E-state index contributed by atoms with van der Waals surface area (Å²) < 4.78 is 10.8. The molecule has 4 aromatic heterocycles. The predicted molar refractivity (Wildman–Crippen MR) is 232 cm³/mol. The quantitative estimate of drug-likeness (QED) is 0.187. The monoisotopic (exact) mass is 840 g/mol. The number of anilines is 1. The highest BCUT2D eigenvalue weighted by molar-refractivity contribution is 7.19. The number of hydrogen-bond acceptors (Lipinski definition) is 12. The largest absolute Gasteiger partial charge is 0.444 e. The first-order chi connectivity index (χ1) is 26.8. The van der Waals surface area contributed by atoms with Crippen LogP contribution in [-0.4, -0.2) is 90.4 Å². The van der Waals surface area contributed by atoms with E-state index in [-0.39, 0.29) is 23.3 Å². The molecule has 2 aliphatic carbocycles. The number of hydrogen-bond donors (Lipinski definition) is 2. The number of ether oxygens (including phenoxy) is 2. The van der Waals surface area contributed by atoms with Crippen molar-refractivity contribution in [1.29, 1.82) is 0 Å². The highest BCUT2D eigenvalue weighted by Gasteiger charge is 2.35. The van der Waals surface area contributed by atoms with Gasteiger partial charge in [-0.15, -0.1) is 22.7 Å². The van der Waals surface area contributed by atoms with Crippen molar-refractivity contribution in [3.05, 3.63) is 38.7 Å². The molecular formula is C42H61ClN8O4S2. The summed E-state index contributed by atoms with van der Waals surface area (Å²) in [5.41, 5.74) is 7.75. The summed E-state index contributed by atoms with van der Waals surface area (Å²) in [6.07, 6.45) is 15.9. The highest BCUT2D eigenvalue weighted by Crippen LogP contribution is 2.40. The number of nitrogens with one attached hydrogen (secondary N) is 1. The number of rotatable bonds is 2. The molecule has 2 saturated heterocycles. The predicted octanol–water partition coefficient (Wildman–Crippen LogP) is 9.73.